The maximum absolute atomic E-state index is 12.3. The number of thiazole rings is 1. The Kier molecular flexibility index (Phi) is 4.39. The summed E-state index contributed by atoms with van der Waals surface area (Å²) in [6, 6.07) is 8.34. The number of rotatable bonds is 3. The Labute approximate surface area is 153 Å². The van der Waals surface area contributed by atoms with Crippen LogP contribution in [0, 0.1) is 0 Å². The fraction of sp³-hybridized carbons (Fsp3) is 0.294. The van der Waals surface area contributed by atoms with E-state index in [0.29, 0.717) is 18.9 Å². The summed E-state index contributed by atoms with van der Waals surface area (Å²) in [5, 5.41) is 7.74. The zero-order valence-corrected chi connectivity index (χ0v) is 15.0. The molecule has 2 aromatic heterocycles. The van der Waals surface area contributed by atoms with Crippen LogP contribution < -0.4 is 15.8 Å². The zero-order valence-electron chi connectivity index (χ0n) is 14.1. The molecule has 0 saturated carbocycles. The molecule has 0 radical (unpaired) electrons. The lowest BCUT2D eigenvalue weighted by molar-refractivity contribution is 0.102. The third kappa shape index (κ3) is 3.31. The van der Waals surface area contributed by atoms with Gasteiger partial charge in [0, 0.05) is 31.9 Å². The highest BCUT2D eigenvalue weighted by Crippen LogP contribution is 2.31. The number of morpholine rings is 1. The number of benzene rings is 1. The normalized spacial score (nSPS) is 14.6. The average molecular weight is 371 g/mol. The van der Waals surface area contributed by atoms with E-state index in [2.05, 4.69) is 20.3 Å². The third-order valence-electron chi connectivity index (χ3n) is 4.11. The Hall–Kier alpha value is -2.78. The minimum Gasteiger partial charge on any atom is -0.378 e. The topological polar surface area (TPSA) is 89.3 Å². The molecule has 134 valence electrons. The van der Waals surface area contributed by atoms with Crippen molar-refractivity contribution in [1.82, 2.24) is 14.8 Å². The Morgan fingerprint density at radius 1 is 1.23 bits per heavy atom. The van der Waals surface area contributed by atoms with Crippen LogP contribution in [0.5, 0.6) is 0 Å². The van der Waals surface area contributed by atoms with Gasteiger partial charge in [-0.15, -0.1) is 0 Å². The van der Waals surface area contributed by atoms with Gasteiger partial charge in [0.05, 0.1) is 23.4 Å². The predicted octanol–water partition coefficient (Wildman–Crippen LogP) is 1.48. The highest BCUT2D eigenvalue weighted by molar-refractivity contribution is 7.22. The van der Waals surface area contributed by atoms with Gasteiger partial charge in [-0.25, -0.2) is 9.67 Å². The lowest BCUT2D eigenvalue weighted by atomic mass is 10.3. The van der Waals surface area contributed by atoms with E-state index in [9.17, 15) is 9.59 Å². The number of carbonyl (C=O) groups is 1. The predicted molar refractivity (Wildman–Crippen MR) is 100 cm³/mol. The van der Waals surface area contributed by atoms with Crippen LogP contribution in [0.1, 0.15) is 10.5 Å². The molecular formula is C17H17N5O3S. The van der Waals surface area contributed by atoms with E-state index >= 15 is 0 Å². The molecule has 4 rings (SSSR count). The van der Waals surface area contributed by atoms with Gasteiger partial charge in [-0.3, -0.25) is 9.59 Å². The minimum absolute atomic E-state index is 0.186. The van der Waals surface area contributed by atoms with E-state index in [-0.39, 0.29) is 17.2 Å². The van der Waals surface area contributed by atoms with Crippen LogP contribution in [-0.2, 0) is 11.8 Å². The summed E-state index contributed by atoms with van der Waals surface area (Å²) in [6.45, 7) is 3.09. The first-order chi connectivity index (χ1) is 12.6. The second-order valence-corrected chi connectivity index (χ2v) is 6.92. The Morgan fingerprint density at radius 3 is 2.81 bits per heavy atom. The number of carbonyl (C=O) groups excluding carboxylic acids is 1. The number of ether oxygens (including phenoxy) is 1. The first kappa shape index (κ1) is 16.7. The molecule has 0 aliphatic carbocycles. The van der Waals surface area contributed by atoms with Gasteiger partial charge in [-0.1, -0.05) is 11.3 Å². The number of aromatic nitrogens is 3. The first-order valence-electron chi connectivity index (χ1n) is 8.19. The molecule has 3 aromatic rings. The fourth-order valence-corrected chi connectivity index (χ4v) is 3.76. The van der Waals surface area contributed by atoms with E-state index in [1.807, 2.05) is 18.2 Å². The third-order valence-corrected chi connectivity index (χ3v) is 5.19. The molecule has 0 unspecified atom stereocenters. The van der Waals surface area contributed by atoms with Crippen LogP contribution in [0.2, 0.25) is 0 Å². The Balaban J connectivity index is 1.55. The molecule has 9 heteroatoms. The standard InChI is InChI=1S/C17H17N5O3S/c1-21-15(23)5-4-13(20-21)16(24)18-11-2-3-12-14(10-11)26-17(19-12)22-6-8-25-9-7-22/h2-5,10H,6-9H2,1H3,(H,18,24). The quantitative estimate of drug-likeness (QED) is 0.750. The molecule has 26 heavy (non-hydrogen) atoms. The number of hydrogen-bond donors (Lipinski definition) is 1. The molecule has 1 aliphatic rings. The molecule has 1 N–H and O–H groups in total. The van der Waals surface area contributed by atoms with Crippen molar-refractivity contribution in [3.05, 3.63) is 46.4 Å². The maximum Gasteiger partial charge on any atom is 0.276 e. The molecule has 1 fully saturated rings. The van der Waals surface area contributed by atoms with Crippen LogP contribution >= 0.6 is 11.3 Å². The number of nitrogens with one attached hydrogen (secondary N) is 1. The van der Waals surface area contributed by atoms with Gasteiger partial charge in [0.1, 0.15) is 5.69 Å². The monoisotopic (exact) mass is 371 g/mol. The number of fused-ring (bicyclic) bond motifs is 1. The van der Waals surface area contributed by atoms with Crippen molar-refractivity contribution in [1.29, 1.82) is 0 Å². The number of aryl methyl sites for hydroxylation is 1. The fourth-order valence-electron chi connectivity index (χ4n) is 2.70. The summed E-state index contributed by atoms with van der Waals surface area (Å²) < 4.78 is 7.51. The number of anilines is 2. The first-order valence-corrected chi connectivity index (χ1v) is 9.01. The van der Waals surface area contributed by atoms with Crippen molar-refractivity contribution in [2.45, 2.75) is 0 Å². The van der Waals surface area contributed by atoms with Gasteiger partial charge >= 0.3 is 0 Å². The second-order valence-electron chi connectivity index (χ2n) is 5.91. The molecule has 0 bridgehead atoms. The van der Waals surface area contributed by atoms with Crippen LogP contribution in [0.15, 0.2) is 35.1 Å². The largest absolute Gasteiger partial charge is 0.378 e. The summed E-state index contributed by atoms with van der Waals surface area (Å²) in [4.78, 5) is 30.6. The summed E-state index contributed by atoms with van der Waals surface area (Å²) in [5.74, 6) is -0.363. The van der Waals surface area contributed by atoms with Gasteiger partial charge in [0.2, 0.25) is 0 Å². The summed E-state index contributed by atoms with van der Waals surface area (Å²) >= 11 is 1.59. The molecule has 1 aromatic carbocycles. The van der Waals surface area contributed by atoms with E-state index < -0.39 is 0 Å². The molecule has 3 heterocycles. The van der Waals surface area contributed by atoms with Crippen molar-refractivity contribution in [3.8, 4) is 0 Å². The molecule has 0 atom stereocenters. The molecular weight excluding hydrogens is 354 g/mol. The highest BCUT2D eigenvalue weighted by atomic mass is 32.1. The molecule has 1 amide bonds. The number of amides is 1. The summed E-state index contributed by atoms with van der Waals surface area (Å²) in [7, 11) is 1.51. The highest BCUT2D eigenvalue weighted by Gasteiger charge is 2.16. The van der Waals surface area contributed by atoms with Crippen LogP contribution in [0.3, 0.4) is 0 Å². The van der Waals surface area contributed by atoms with Crippen molar-refractivity contribution in [2.24, 2.45) is 7.05 Å². The lowest BCUT2D eigenvalue weighted by Crippen LogP contribution is -2.36. The molecule has 8 nitrogen and oxygen atoms in total. The average Bonchev–Trinajstić information content (AvgIpc) is 3.08. The van der Waals surface area contributed by atoms with E-state index in [0.717, 1.165) is 33.1 Å². The van der Waals surface area contributed by atoms with Crippen molar-refractivity contribution < 1.29 is 9.53 Å². The minimum atomic E-state index is -0.363. The van der Waals surface area contributed by atoms with E-state index in [1.165, 1.54) is 19.2 Å². The number of hydrogen-bond acceptors (Lipinski definition) is 7. The molecule has 1 aliphatic heterocycles. The SMILES string of the molecule is Cn1nc(C(=O)Nc2ccc3nc(N4CCOCC4)sc3c2)ccc1=O. The summed E-state index contributed by atoms with van der Waals surface area (Å²) in [5.41, 5.74) is 1.49. The lowest BCUT2D eigenvalue weighted by Gasteiger charge is -2.25. The zero-order chi connectivity index (χ0) is 18.1. The van der Waals surface area contributed by atoms with Crippen LogP contribution in [0.4, 0.5) is 10.8 Å². The smallest absolute Gasteiger partial charge is 0.276 e. The van der Waals surface area contributed by atoms with Crippen LogP contribution in [-0.4, -0.2) is 47.0 Å². The van der Waals surface area contributed by atoms with E-state index in [1.54, 1.807) is 11.3 Å². The van der Waals surface area contributed by atoms with Gasteiger partial charge in [0.25, 0.3) is 11.5 Å². The number of nitrogens with zero attached hydrogens (tertiary/aromatic N) is 4. The van der Waals surface area contributed by atoms with Crippen molar-refractivity contribution in [3.63, 3.8) is 0 Å². The maximum atomic E-state index is 12.3. The Bertz CT molecular complexity index is 1020. The van der Waals surface area contributed by atoms with Gasteiger partial charge in [-0.05, 0) is 24.3 Å². The van der Waals surface area contributed by atoms with Crippen LogP contribution in [0.25, 0.3) is 10.2 Å². The van der Waals surface area contributed by atoms with Gasteiger partial charge in [0.15, 0.2) is 5.13 Å². The Morgan fingerprint density at radius 2 is 2.04 bits per heavy atom. The summed E-state index contributed by atoms with van der Waals surface area (Å²) in [6.07, 6.45) is 0. The second kappa shape index (κ2) is 6.85. The molecule has 1 saturated heterocycles. The van der Waals surface area contributed by atoms with Gasteiger partial charge in [-0.2, -0.15) is 5.10 Å². The van der Waals surface area contributed by atoms with E-state index in [4.69, 9.17) is 4.74 Å². The molecule has 0 spiro atoms. The van der Waals surface area contributed by atoms with Gasteiger partial charge < -0.3 is 15.0 Å². The van der Waals surface area contributed by atoms with Crippen molar-refractivity contribution >= 4 is 38.3 Å². The van der Waals surface area contributed by atoms with Crippen molar-refractivity contribution in [2.75, 3.05) is 36.5 Å².